The van der Waals surface area contributed by atoms with Gasteiger partial charge in [-0.05, 0) is 49.1 Å². The molecule has 1 aliphatic heterocycles. The molecule has 2 aromatic carbocycles. The zero-order valence-corrected chi connectivity index (χ0v) is 12.9. The van der Waals surface area contributed by atoms with Crippen LogP contribution in [0, 0.1) is 6.92 Å². The Bertz CT molecular complexity index is 771. The van der Waals surface area contributed by atoms with Gasteiger partial charge in [-0.2, -0.15) is 0 Å². The van der Waals surface area contributed by atoms with Crippen LogP contribution in [0.15, 0.2) is 42.5 Å². The highest BCUT2D eigenvalue weighted by molar-refractivity contribution is 6.44. The molecule has 1 heterocycles. The molecule has 0 radical (unpaired) electrons. The number of hydrogen-bond acceptors (Lipinski definition) is 3. The Balaban J connectivity index is 1.80. The van der Waals surface area contributed by atoms with Gasteiger partial charge >= 0.3 is 11.8 Å². The summed E-state index contributed by atoms with van der Waals surface area (Å²) in [6, 6.07) is 12.5. The van der Waals surface area contributed by atoms with Crippen LogP contribution in [0.5, 0.6) is 5.75 Å². The van der Waals surface area contributed by atoms with Gasteiger partial charge in [-0.25, -0.2) is 0 Å². The molecule has 3 rings (SSSR count). The first-order chi connectivity index (χ1) is 11.1. The van der Waals surface area contributed by atoms with E-state index >= 15 is 0 Å². The summed E-state index contributed by atoms with van der Waals surface area (Å²) in [6.45, 7) is 2.35. The summed E-state index contributed by atoms with van der Waals surface area (Å²) in [7, 11) is 0. The van der Waals surface area contributed by atoms with E-state index in [9.17, 15) is 14.7 Å². The molecular formula is C18H18N2O3. The van der Waals surface area contributed by atoms with Crippen molar-refractivity contribution in [1.29, 1.82) is 0 Å². The number of phenolic OH excluding ortho intramolecular Hbond substituents is 1. The third kappa shape index (κ3) is 3.04. The average Bonchev–Trinajstić information content (AvgIpc) is 2.56. The molecule has 5 nitrogen and oxygen atoms in total. The first kappa shape index (κ1) is 15.1. The highest BCUT2D eigenvalue weighted by Crippen LogP contribution is 2.28. The van der Waals surface area contributed by atoms with Gasteiger partial charge in [-0.1, -0.05) is 24.3 Å². The fraction of sp³-hybridized carbons (Fsp3) is 0.222. The molecule has 0 atom stereocenters. The molecular weight excluding hydrogens is 292 g/mol. The van der Waals surface area contributed by atoms with Gasteiger partial charge in [0.25, 0.3) is 0 Å². The van der Waals surface area contributed by atoms with Gasteiger partial charge in [-0.3, -0.25) is 9.59 Å². The number of amides is 2. The van der Waals surface area contributed by atoms with Gasteiger partial charge < -0.3 is 15.3 Å². The van der Waals surface area contributed by atoms with Gasteiger partial charge in [0.15, 0.2) is 0 Å². The van der Waals surface area contributed by atoms with E-state index in [4.69, 9.17) is 0 Å². The van der Waals surface area contributed by atoms with Crippen LogP contribution in [-0.2, 0) is 16.0 Å². The van der Waals surface area contributed by atoms with Crippen molar-refractivity contribution < 1.29 is 14.7 Å². The smallest absolute Gasteiger partial charge is 0.316 e. The van der Waals surface area contributed by atoms with Crippen molar-refractivity contribution in [3.8, 4) is 5.75 Å². The minimum absolute atomic E-state index is 0.0507. The fourth-order valence-corrected chi connectivity index (χ4v) is 2.79. The summed E-state index contributed by atoms with van der Waals surface area (Å²) in [4.78, 5) is 26.2. The lowest BCUT2D eigenvalue weighted by Crippen LogP contribution is -2.42. The van der Waals surface area contributed by atoms with Crippen LogP contribution >= 0.6 is 0 Å². The lowest BCUT2D eigenvalue weighted by atomic mass is 10.0. The van der Waals surface area contributed by atoms with Gasteiger partial charge in [0.2, 0.25) is 0 Å². The molecule has 0 saturated carbocycles. The van der Waals surface area contributed by atoms with Crippen molar-refractivity contribution in [1.82, 2.24) is 0 Å². The Hall–Kier alpha value is -2.82. The number of para-hydroxylation sites is 1. The molecule has 5 heteroatoms. The maximum atomic E-state index is 12.5. The number of carbonyl (C=O) groups excluding carboxylic acids is 2. The number of phenols is 1. The summed E-state index contributed by atoms with van der Waals surface area (Å²) in [6.07, 6.45) is 1.73. The molecule has 118 valence electrons. The summed E-state index contributed by atoms with van der Waals surface area (Å²) in [5, 5.41) is 12.3. The number of benzene rings is 2. The average molecular weight is 310 g/mol. The fourth-order valence-electron chi connectivity index (χ4n) is 2.79. The summed E-state index contributed by atoms with van der Waals surface area (Å²) < 4.78 is 0. The summed E-state index contributed by atoms with van der Waals surface area (Å²) in [5.41, 5.74) is 2.96. The first-order valence-electron chi connectivity index (χ1n) is 7.56. The highest BCUT2D eigenvalue weighted by Gasteiger charge is 2.27. The topological polar surface area (TPSA) is 69.6 Å². The molecule has 23 heavy (non-hydrogen) atoms. The van der Waals surface area contributed by atoms with Crippen molar-refractivity contribution in [3.05, 3.63) is 53.6 Å². The normalized spacial score (nSPS) is 13.3. The van der Waals surface area contributed by atoms with E-state index in [1.807, 2.05) is 31.2 Å². The standard InChI is InChI=1S/C18H18N2O3/c1-12-8-9-14(16(21)11-12)19-17(22)18(23)20-10-4-6-13-5-2-3-7-15(13)20/h2-3,5,7-9,11,21H,4,6,10H2,1H3,(H,19,22). The van der Waals surface area contributed by atoms with E-state index in [1.165, 1.54) is 11.0 Å². The lowest BCUT2D eigenvalue weighted by molar-refractivity contribution is -0.134. The van der Waals surface area contributed by atoms with E-state index in [2.05, 4.69) is 5.32 Å². The highest BCUT2D eigenvalue weighted by atomic mass is 16.3. The van der Waals surface area contributed by atoms with Crippen molar-refractivity contribution in [2.45, 2.75) is 19.8 Å². The monoisotopic (exact) mass is 310 g/mol. The van der Waals surface area contributed by atoms with Crippen LogP contribution in [0.25, 0.3) is 0 Å². The molecule has 0 spiro atoms. The molecule has 0 saturated heterocycles. The second kappa shape index (κ2) is 6.12. The van der Waals surface area contributed by atoms with Gasteiger partial charge in [0.05, 0.1) is 5.69 Å². The maximum absolute atomic E-state index is 12.5. The lowest BCUT2D eigenvalue weighted by Gasteiger charge is -2.28. The molecule has 2 amide bonds. The number of hydrogen-bond donors (Lipinski definition) is 2. The predicted molar refractivity (Wildman–Crippen MR) is 88.6 cm³/mol. The molecule has 2 N–H and O–H groups in total. The van der Waals surface area contributed by atoms with Crippen LogP contribution < -0.4 is 10.2 Å². The van der Waals surface area contributed by atoms with E-state index in [-0.39, 0.29) is 11.4 Å². The van der Waals surface area contributed by atoms with Crippen molar-refractivity contribution in [2.24, 2.45) is 0 Å². The molecule has 2 aromatic rings. The molecule has 0 aromatic heterocycles. The number of fused-ring (bicyclic) bond motifs is 1. The van der Waals surface area contributed by atoms with Gasteiger partial charge in [0, 0.05) is 12.2 Å². The third-order valence-corrected chi connectivity index (χ3v) is 3.95. The number of nitrogens with zero attached hydrogens (tertiary/aromatic N) is 1. The van der Waals surface area contributed by atoms with Crippen LogP contribution in [0.3, 0.4) is 0 Å². The van der Waals surface area contributed by atoms with Crippen molar-refractivity contribution in [3.63, 3.8) is 0 Å². The van der Waals surface area contributed by atoms with Crippen LogP contribution in [0.2, 0.25) is 0 Å². The van der Waals surface area contributed by atoms with Crippen LogP contribution in [0.4, 0.5) is 11.4 Å². The summed E-state index contributed by atoms with van der Waals surface area (Å²) in [5.74, 6) is -1.41. The van der Waals surface area contributed by atoms with Crippen LogP contribution in [0.1, 0.15) is 17.5 Å². The van der Waals surface area contributed by atoms with E-state index < -0.39 is 11.8 Å². The number of anilines is 2. The van der Waals surface area contributed by atoms with E-state index in [0.29, 0.717) is 6.54 Å². The number of aryl methyl sites for hydroxylation is 2. The Labute approximate surface area is 134 Å². The molecule has 0 unspecified atom stereocenters. The number of nitrogens with one attached hydrogen (secondary N) is 1. The SMILES string of the molecule is Cc1ccc(NC(=O)C(=O)N2CCCc3ccccc32)c(O)c1. The van der Waals surface area contributed by atoms with Crippen LogP contribution in [-0.4, -0.2) is 23.5 Å². The van der Waals surface area contributed by atoms with E-state index in [1.54, 1.807) is 12.1 Å². The van der Waals surface area contributed by atoms with Gasteiger partial charge in [0.1, 0.15) is 5.75 Å². The van der Waals surface area contributed by atoms with Crippen molar-refractivity contribution >= 4 is 23.2 Å². The number of carbonyl (C=O) groups is 2. The zero-order valence-electron chi connectivity index (χ0n) is 12.9. The second-order valence-electron chi connectivity index (χ2n) is 5.66. The quantitative estimate of drug-likeness (QED) is 0.628. The zero-order chi connectivity index (χ0) is 16.4. The summed E-state index contributed by atoms with van der Waals surface area (Å²) >= 11 is 0. The maximum Gasteiger partial charge on any atom is 0.316 e. The Morgan fingerprint density at radius 3 is 2.74 bits per heavy atom. The van der Waals surface area contributed by atoms with E-state index in [0.717, 1.165) is 29.7 Å². The minimum atomic E-state index is -0.749. The first-order valence-corrected chi connectivity index (χ1v) is 7.56. The Kier molecular flexibility index (Phi) is 4.02. The minimum Gasteiger partial charge on any atom is -0.506 e. The number of rotatable bonds is 1. The largest absolute Gasteiger partial charge is 0.506 e. The number of aromatic hydroxyl groups is 1. The van der Waals surface area contributed by atoms with Crippen molar-refractivity contribution in [2.75, 3.05) is 16.8 Å². The molecule has 0 bridgehead atoms. The molecule has 0 aliphatic carbocycles. The Morgan fingerprint density at radius 1 is 1.17 bits per heavy atom. The predicted octanol–water partition coefficient (Wildman–Crippen LogP) is 2.62. The molecule has 0 fully saturated rings. The third-order valence-electron chi connectivity index (χ3n) is 3.95. The second-order valence-corrected chi connectivity index (χ2v) is 5.66. The Morgan fingerprint density at radius 2 is 1.96 bits per heavy atom. The van der Waals surface area contributed by atoms with Gasteiger partial charge in [-0.15, -0.1) is 0 Å². The molecule has 1 aliphatic rings.